The standard InChI is InChI=1S/C25H34N6O6/c1-5-17(6-2)12-27-22(34)14-31-11-7-8-19(25(31)37)29-23(35)18(9-10-21(33)16(3)32)28-24(36)20-13-26-15-30(20)4/h7-8,11,13,15,17-18H,5-6,9-10,12,14H2,1-4H3,(H,27,34)(H,28,36)(H,29,35). The second kappa shape index (κ2) is 13.9. The van der Waals surface area contributed by atoms with E-state index in [9.17, 15) is 28.8 Å². The second-order valence-electron chi connectivity index (χ2n) is 8.76. The number of aromatic nitrogens is 3. The summed E-state index contributed by atoms with van der Waals surface area (Å²) >= 11 is 0. The predicted octanol–water partition coefficient (Wildman–Crippen LogP) is 0.810. The number of rotatable bonds is 14. The third-order valence-electron chi connectivity index (χ3n) is 6.06. The van der Waals surface area contributed by atoms with Crippen LogP contribution in [0.4, 0.5) is 5.69 Å². The fourth-order valence-corrected chi connectivity index (χ4v) is 3.55. The molecule has 0 fully saturated rings. The highest BCUT2D eigenvalue weighted by atomic mass is 16.2. The van der Waals surface area contributed by atoms with Crippen LogP contribution >= 0.6 is 0 Å². The van der Waals surface area contributed by atoms with Crippen molar-refractivity contribution >= 4 is 35.0 Å². The van der Waals surface area contributed by atoms with Crippen LogP contribution in [0.1, 0.15) is 56.9 Å². The van der Waals surface area contributed by atoms with E-state index in [1.165, 1.54) is 40.0 Å². The molecule has 2 aromatic heterocycles. The molecule has 0 spiro atoms. The van der Waals surface area contributed by atoms with Crippen LogP contribution in [-0.4, -0.2) is 56.0 Å². The fraction of sp³-hybridized carbons (Fsp3) is 0.480. The SMILES string of the molecule is CCC(CC)CNC(=O)Cn1cccc(NC(=O)C(CCC(=O)C(C)=O)NC(=O)c2cncn2C)c1=O. The predicted molar refractivity (Wildman–Crippen MR) is 136 cm³/mol. The monoisotopic (exact) mass is 514 g/mol. The Labute approximate surface area is 214 Å². The van der Waals surface area contributed by atoms with Crippen LogP contribution in [0.2, 0.25) is 0 Å². The van der Waals surface area contributed by atoms with E-state index in [2.05, 4.69) is 20.9 Å². The first-order chi connectivity index (χ1) is 17.6. The molecule has 2 aromatic rings. The lowest BCUT2D eigenvalue weighted by molar-refractivity contribution is -0.135. The van der Waals surface area contributed by atoms with E-state index in [0.29, 0.717) is 12.5 Å². The molecule has 0 aliphatic rings. The van der Waals surface area contributed by atoms with E-state index in [4.69, 9.17) is 0 Å². The third-order valence-corrected chi connectivity index (χ3v) is 6.06. The molecule has 3 N–H and O–H groups in total. The lowest BCUT2D eigenvalue weighted by Gasteiger charge is -2.18. The highest BCUT2D eigenvalue weighted by Gasteiger charge is 2.25. The van der Waals surface area contributed by atoms with Crippen molar-refractivity contribution in [1.82, 2.24) is 24.8 Å². The third kappa shape index (κ3) is 8.51. The van der Waals surface area contributed by atoms with Gasteiger partial charge in [-0.15, -0.1) is 0 Å². The van der Waals surface area contributed by atoms with Crippen LogP contribution in [0.3, 0.4) is 0 Å². The molecule has 0 bridgehead atoms. The average Bonchev–Trinajstić information content (AvgIpc) is 3.30. The minimum Gasteiger partial charge on any atom is -0.354 e. The van der Waals surface area contributed by atoms with Crippen molar-refractivity contribution in [3.05, 3.63) is 46.9 Å². The maximum absolute atomic E-state index is 13.0. The Morgan fingerprint density at radius 2 is 1.81 bits per heavy atom. The number of anilines is 1. The molecule has 1 atom stereocenters. The normalized spacial score (nSPS) is 11.6. The summed E-state index contributed by atoms with van der Waals surface area (Å²) in [6.07, 6.45) is 5.58. The lowest BCUT2D eigenvalue weighted by atomic mass is 10.0. The number of pyridine rings is 1. The minimum absolute atomic E-state index is 0.0991. The van der Waals surface area contributed by atoms with E-state index >= 15 is 0 Å². The summed E-state index contributed by atoms with van der Waals surface area (Å²) in [5, 5.41) is 7.82. The van der Waals surface area contributed by atoms with Gasteiger partial charge in [0.1, 0.15) is 24.0 Å². The summed E-state index contributed by atoms with van der Waals surface area (Å²) in [6.45, 7) is 5.49. The van der Waals surface area contributed by atoms with Gasteiger partial charge >= 0.3 is 0 Å². The smallest absolute Gasteiger partial charge is 0.274 e. The van der Waals surface area contributed by atoms with Gasteiger partial charge in [-0.25, -0.2) is 4.98 Å². The number of nitrogens with zero attached hydrogens (tertiary/aromatic N) is 3. The summed E-state index contributed by atoms with van der Waals surface area (Å²) in [4.78, 5) is 78.0. The molecular formula is C25H34N6O6. The van der Waals surface area contributed by atoms with Gasteiger partial charge in [0.15, 0.2) is 11.6 Å². The average molecular weight is 515 g/mol. The second-order valence-corrected chi connectivity index (χ2v) is 8.76. The number of hydrogen-bond donors (Lipinski definition) is 3. The first-order valence-corrected chi connectivity index (χ1v) is 12.1. The zero-order valence-corrected chi connectivity index (χ0v) is 21.6. The van der Waals surface area contributed by atoms with Crippen molar-refractivity contribution in [1.29, 1.82) is 0 Å². The number of carbonyl (C=O) groups is 5. The molecular weight excluding hydrogens is 480 g/mol. The van der Waals surface area contributed by atoms with Gasteiger partial charge in [0, 0.05) is 33.1 Å². The van der Waals surface area contributed by atoms with Gasteiger partial charge in [-0.3, -0.25) is 28.8 Å². The van der Waals surface area contributed by atoms with E-state index in [1.54, 1.807) is 7.05 Å². The summed E-state index contributed by atoms with van der Waals surface area (Å²) in [5.74, 6) is -2.70. The van der Waals surface area contributed by atoms with Crippen LogP contribution < -0.4 is 21.5 Å². The summed E-state index contributed by atoms with van der Waals surface area (Å²) in [6, 6.07) is 1.66. The van der Waals surface area contributed by atoms with Crippen molar-refractivity contribution in [2.24, 2.45) is 13.0 Å². The van der Waals surface area contributed by atoms with Gasteiger partial charge in [0.25, 0.3) is 11.5 Å². The Hall–Kier alpha value is -4.09. The zero-order valence-electron chi connectivity index (χ0n) is 21.6. The molecule has 2 rings (SSSR count). The van der Waals surface area contributed by atoms with E-state index in [0.717, 1.165) is 19.8 Å². The summed E-state index contributed by atoms with van der Waals surface area (Å²) in [5.41, 5.74) is -0.528. The van der Waals surface area contributed by atoms with Gasteiger partial charge < -0.3 is 25.1 Å². The maximum Gasteiger partial charge on any atom is 0.274 e. The molecule has 0 aromatic carbocycles. The molecule has 0 aliphatic carbocycles. The summed E-state index contributed by atoms with van der Waals surface area (Å²) < 4.78 is 2.62. The first-order valence-electron chi connectivity index (χ1n) is 12.1. The molecule has 2 heterocycles. The van der Waals surface area contributed by atoms with Gasteiger partial charge in [-0.1, -0.05) is 26.7 Å². The first kappa shape index (κ1) is 29.1. The Balaban J connectivity index is 2.15. The number of hydrogen-bond acceptors (Lipinski definition) is 7. The zero-order chi connectivity index (χ0) is 27.5. The molecule has 200 valence electrons. The Kier molecular flexibility index (Phi) is 10.9. The van der Waals surface area contributed by atoms with Gasteiger partial charge in [0.05, 0.1) is 12.5 Å². The van der Waals surface area contributed by atoms with Crippen molar-refractivity contribution < 1.29 is 24.0 Å². The number of aryl methyl sites for hydroxylation is 1. The molecule has 12 heteroatoms. The molecule has 0 saturated heterocycles. The van der Waals surface area contributed by atoms with E-state index in [1.807, 2.05) is 13.8 Å². The van der Waals surface area contributed by atoms with Crippen molar-refractivity contribution in [2.75, 3.05) is 11.9 Å². The molecule has 0 saturated carbocycles. The summed E-state index contributed by atoms with van der Waals surface area (Å²) in [7, 11) is 1.60. The van der Waals surface area contributed by atoms with Crippen LogP contribution in [0.15, 0.2) is 35.6 Å². The van der Waals surface area contributed by atoms with Gasteiger partial charge in [-0.05, 0) is 24.5 Å². The van der Waals surface area contributed by atoms with Crippen LogP contribution in [0, 0.1) is 5.92 Å². The Bertz CT molecular complexity index is 1200. The van der Waals surface area contributed by atoms with Crippen LogP contribution in [0.5, 0.6) is 0 Å². The largest absolute Gasteiger partial charge is 0.354 e. The van der Waals surface area contributed by atoms with Crippen molar-refractivity contribution in [3.63, 3.8) is 0 Å². The van der Waals surface area contributed by atoms with Crippen molar-refractivity contribution in [3.8, 4) is 0 Å². The quantitative estimate of drug-likeness (QED) is 0.314. The molecule has 0 aliphatic heterocycles. The maximum atomic E-state index is 13.0. The Morgan fingerprint density at radius 3 is 2.41 bits per heavy atom. The molecule has 37 heavy (non-hydrogen) atoms. The lowest BCUT2D eigenvalue weighted by Crippen LogP contribution is -2.45. The minimum atomic E-state index is -1.22. The Morgan fingerprint density at radius 1 is 1.11 bits per heavy atom. The van der Waals surface area contributed by atoms with Gasteiger partial charge in [0.2, 0.25) is 11.8 Å². The fourth-order valence-electron chi connectivity index (χ4n) is 3.55. The number of ketones is 2. The molecule has 12 nitrogen and oxygen atoms in total. The van der Waals surface area contributed by atoms with Gasteiger partial charge in [-0.2, -0.15) is 0 Å². The number of carbonyl (C=O) groups excluding carboxylic acids is 5. The number of imidazole rings is 1. The molecule has 3 amide bonds. The van der Waals surface area contributed by atoms with E-state index in [-0.39, 0.29) is 36.7 Å². The highest BCUT2D eigenvalue weighted by Crippen LogP contribution is 2.08. The van der Waals surface area contributed by atoms with Crippen LogP contribution in [0.25, 0.3) is 0 Å². The topological polar surface area (TPSA) is 161 Å². The van der Waals surface area contributed by atoms with E-state index < -0.39 is 35.0 Å². The highest BCUT2D eigenvalue weighted by molar-refractivity contribution is 6.36. The number of nitrogens with one attached hydrogen (secondary N) is 3. The van der Waals surface area contributed by atoms with Crippen LogP contribution in [-0.2, 0) is 32.8 Å². The molecule has 0 radical (unpaired) electrons. The number of amides is 3. The number of Topliss-reactive ketones (excluding diaryl/α,β-unsaturated/α-hetero) is 2. The molecule has 1 unspecified atom stereocenters. The van der Waals surface area contributed by atoms with Crippen molar-refractivity contribution in [2.45, 2.75) is 59.0 Å².